The van der Waals surface area contributed by atoms with Gasteiger partial charge in [0.25, 0.3) is 0 Å². The molecule has 0 aliphatic carbocycles. The second-order valence-electron chi connectivity index (χ2n) is 4.67. The van der Waals surface area contributed by atoms with Gasteiger partial charge in [-0.25, -0.2) is 4.39 Å². The van der Waals surface area contributed by atoms with Crippen LogP contribution in [-0.4, -0.2) is 6.10 Å². The Morgan fingerprint density at radius 3 is 2.65 bits per heavy atom. The van der Waals surface area contributed by atoms with E-state index in [1.165, 1.54) is 18.2 Å². The quantitative estimate of drug-likeness (QED) is 0.811. The lowest BCUT2D eigenvalue weighted by atomic mass is 10.2. The van der Waals surface area contributed by atoms with Crippen LogP contribution in [0.15, 0.2) is 36.4 Å². The van der Waals surface area contributed by atoms with Crippen molar-refractivity contribution in [3.05, 3.63) is 47.2 Å². The van der Waals surface area contributed by atoms with E-state index in [-0.39, 0.29) is 11.9 Å². The van der Waals surface area contributed by atoms with Gasteiger partial charge < -0.3 is 15.8 Å². The summed E-state index contributed by atoms with van der Waals surface area (Å²) in [6.45, 7) is 3.84. The van der Waals surface area contributed by atoms with E-state index in [0.717, 1.165) is 5.69 Å². The molecule has 2 rings (SSSR count). The van der Waals surface area contributed by atoms with Gasteiger partial charge in [0, 0.05) is 11.8 Å². The van der Waals surface area contributed by atoms with Crippen molar-refractivity contribution in [1.82, 2.24) is 0 Å². The van der Waals surface area contributed by atoms with Crippen molar-refractivity contribution in [3.8, 4) is 5.75 Å². The van der Waals surface area contributed by atoms with Crippen LogP contribution in [0.25, 0.3) is 0 Å². The third-order valence-corrected chi connectivity index (χ3v) is 2.91. The van der Waals surface area contributed by atoms with Crippen LogP contribution in [-0.2, 0) is 0 Å². The highest BCUT2D eigenvalue weighted by Crippen LogP contribution is 2.31. The van der Waals surface area contributed by atoms with Crippen LogP contribution in [0.1, 0.15) is 13.8 Å². The lowest BCUT2D eigenvalue weighted by molar-refractivity contribution is 0.244. The van der Waals surface area contributed by atoms with E-state index in [0.29, 0.717) is 22.1 Å². The number of hydrogen-bond acceptors (Lipinski definition) is 3. The summed E-state index contributed by atoms with van der Waals surface area (Å²) in [4.78, 5) is 0. The molecule has 106 valence electrons. The second-order valence-corrected chi connectivity index (χ2v) is 5.08. The third-order valence-electron chi connectivity index (χ3n) is 2.58. The summed E-state index contributed by atoms with van der Waals surface area (Å²) in [6, 6.07) is 9.42. The fourth-order valence-electron chi connectivity index (χ4n) is 1.72. The molecule has 0 fully saturated rings. The Hall–Kier alpha value is -1.94. The number of nitrogens with one attached hydrogen (secondary N) is 1. The van der Waals surface area contributed by atoms with Crippen LogP contribution in [0.5, 0.6) is 5.75 Å². The molecular weight excluding hydrogens is 279 g/mol. The number of ether oxygens (including phenoxy) is 1. The van der Waals surface area contributed by atoms with Gasteiger partial charge in [-0.15, -0.1) is 0 Å². The summed E-state index contributed by atoms with van der Waals surface area (Å²) < 4.78 is 18.8. The van der Waals surface area contributed by atoms with Gasteiger partial charge in [0.05, 0.1) is 22.5 Å². The smallest absolute Gasteiger partial charge is 0.144 e. The van der Waals surface area contributed by atoms with Gasteiger partial charge in [-0.1, -0.05) is 11.6 Å². The largest absolute Gasteiger partial charge is 0.489 e. The minimum Gasteiger partial charge on any atom is -0.489 e. The molecule has 0 unspecified atom stereocenters. The van der Waals surface area contributed by atoms with Gasteiger partial charge in [-0.3, -0.25) is 0 Å². The Bertz CT molecular complexity index is 617. The number of anilines is 3. The van der Waals surface area contributed by atoms with E-state index in [9.17, 15) is 4.39 Å². The van der Waals surface area contributed by atoms with Crippen molar-refractivity contribution < 1.29 is 9.13 Å². The zero-order chi connectivity index (χ0) is 14.7. The number of nitrogens with two attached hydrogens (primary N) is 1. The predicted molar refractivity (Wildman–Crippen MR) is 81.3 cm³/mol. The van der Waals surface area contributed by atoms with Gasteiger partial charge in [-0.05, 0) is 44.2 Å². The Morgan fingerprint density at radius 2 is 1.95 bits per heavy atom. The number of halogens is 2. The topological polar surface area (TPSA) is 47.3 Å². The van der Waals surface area contributed by atoms with Crippen LogP contribution in [0.2, 0.25) is 5.02 Å². The van der Waals surface area contributed by atoms with Gasteiger partial charge in [-0.2, -0.15) is 0 Å². The van der Waals surface area contributed by atoms with Crippen LogP contribution in [0.4, 0.5) is 21.5 Å². The van der Waals surface area contributed by atoms with E-state index >= 15 is 0 Å². The van der Waals surface area contributed by atoms with E-state index in [2.05, 4.69) is 5.32 Å². The van der Waals surface area contributed by atoms with Gasteiger partial charge in [0.2, 0.25) is 0 Å². The molecule has 0 saturated heterocycles. The van der Waals surface area contributed by atoms with E-state index in [1.54, 1.807) is 18.2 Å². The predicted octanol–water partition coefficient (Wildman–Crippen LogP) is 4.59. The highest BCUT2D eigenvalue weighted by Gasteiger charge is 2.07. The summed E-state index contributed by atoms with van der Waals surface area (Å²) in [6.07, 6.45) is 0.0188. The molecule has 0 atom stereocenters. The van der Waals surface area contributed by atoms with Gasteiger partial charge in [0.1, 0.15) is 11.6 Å². The normalized spacial score (nSPS) is 10.7. The van der Waals surface area contributed by atoms with E-state index < -0.39 is 0 Å². The Balaban J connectivity index is 2.27. The molecule has 0 aliphatic rings. The molecule has 0 amide bonds. The first-order chi connectivity index (χ1) is 9.45. The third kappa shape index (κ3) is 3.54. The first-order valence-electron chi connectivity index (χ1n) is 6.24. The number of nitrogen functional groups attached to an aromatic ring is 1. The molecule has 0 heterocycles. The molecule has 2 aromatic rings. The monoisotopic (exact) mass is 294 g/mol. The molecule has 2 aromatic carbocycles. The minimum atomic E-state index is -0.356. The molecule has 0 saturated carbocycles. The SMILES string of the molecule is CC(C)Oc1cc(Nc2cc(F)ccc2Cl)ccc1N. The van der Waals surface area contributed by atoms with Gasteiger partial charge >= 0.3 is 0 Å². The Labute approximate surface area is 122 Å². The van der Waals surface area contributed by atoms with Crippen LogP contribution >= 0.6 is 11.6 Å². The lowest BCUT2D eigenvalue weighted by Crippen LogP contribution is -2.07. The number of benzene rings is 2. The van der Waals surface area contributed by atoms with Crippen LogP contribution < -0.4 is 15.8 Å². The zero-order valence-corrected chi connectivity index (χ0v) is 12.0. The molecule has 0 aliphatic heterocycles. The summed E-state index contributed by atoms with van der Waals surface area (Å²) >= 11 is 6.02. The fraction of sp³-hybridized carbons (Fsp3) is 0.200. The lowest BCUT2D eigenvalue weighted by Gasteiger charge is -2.15. The first kappa shape index (κ1) is 14.5. The molecule has 3 N–H and O–H groups in total. The second kappa shape index (κ2) is 6.01. The molecule has 20 heavy (non-hydrogen) atoms. The first-order valence-corrected chi connectivity index (χ1v) is 6.62. The molecule has 5 heteroatoms. The summed E-state index contributed by atoms with van der Waals surface area (Å²) in [5.74, 6) is 0.225. The van der Waals surface area contributed by atoms with Crippen LogP contribution in [0, 0.1) is 5.82 Å². The Morgan fingerprint density at radius 1 is 1.20 bits per heavy atom. The van der Waals surface area contributed by atoms with Crippen molar-refractivity contribution in [1.29, 1.82) is 0 Å². The van der Waals surface area contributed by atoms with Crippen molar-refractivity contribution in [2.24, 2.45) is 0 Å². The average Bonchev–Trinajstić information content (AvgIpc) is 2.37. The molecule has 0 spiro atoms. The van der Waals surface area contributed by atoms with Crippen molar-refractivity contribution in [2.45, 2.75) is 20.0 Å². The maximum atomic E-state index is 13.2. The van der Waals surface area contributed by atoms with Crippen LogP contribution in [0.3, 0.4) is 0 Å². The van der Waals surface area contributed by atoms with Gasteiger partial charge in [0.15, 0.2) is 0 Å². The highest BCUT2D eigenvalue weighted by atomic mass is 35.5. The Kier molecular flexibility index (Phi) is 4.35. The summed E-state index contributed by atoms with van der Waals surface area (Å²) in [5.41, 5.74) is 7.61. The van der Waals surface area contributed by atoms with E-state index in [1.807, 2.05) is 13.8 Å². The van der Waals surface area contributed by atoms with Crippen molar-refractivity contribution in [2.75, 3.05) is 11.1 Å². The summed E-state index contributed by atoms with van der Waals surface area (Å²) in [5, 5.41) is 3.49. The average molecular weight is 295 g/mol. The molecule has 0 radical (unpaired) electrons. The molecule has 3 nitrogen and oxygen atoms in total. The molecule has 0 aromatic heterocycles. The maximum Gasteiger partial charge on any atom is 0.144 e. The highest BCUT2D eigenvalue weighted by molar-refractivity contribution is 6.33. The summed E-state index contributed by atoms with van der Waals surface area (Å²) in [7, 11) is 0. The minimum absolute atomic E-state index is 0.0188. The fourth-order valence-corrected chi connectivity index (χ4v) is 1.88. The number of hydrogen-bond donors (Lipinski definition) is 2. The maximum absolute atomic E-state index is 13.2. The van der Waals surface area contributed by atoms with E-state index in [4.69, 9.17) is 22.1 Å². The number of rotatable bonds is 4. The van der Waals surface area contributed by atoms with Crippen molar-refractivity contribution in [3.63, 3.8) is 0 Å². The zero-order valence-electron chi connectivity index (χ0n) is 11.3. The molecule has 0 bridgehead atoms. The standard InChI is InChI=1S/C15H16ClFN2O/c1-9(2)20-15-8-11(4-6-13(15)18)19-14-7-10(17)3-5-12(14)16/h3-9,19H,18H2,1-2H3. The van der Waals surface area contributed by atoms with Crippen molar-refractivity contribution >= 4 is 28.7 Å². The molecular formula is C15H16ClFN2O.